The van der Waals surface area contributed by atoms with Gasteiger partial charge in [0.25, 0.3) is 0 Å². The van der Waals surface area contributed by atoms with Crippen molar-refractivity contribution in [3.8, 4) is 0 Å². The number of carboxylic acid groups (broad SMARTS) is 3. The highest BCUT2D eigenvalue weighted by Gasteiger charge is 2.13. The Hall–Kier alpha value is -2.97. The number of hydrogen-bond acceptors (Lipinski definition) is 6. The van der Waals surface area contributed by atoms with E-state index in [1.54, 1.807) is 0 Å². The number of ether oxygens (including phenoxy) is 1. The van der Waals surface area contributed by atoms with Crippen molar-refractivity contribution >= 4 is 29.8 Å². The molecule has 0 atom stereocenters. The summed E-state index contributed by atoms with van der Waals surface area (Å²) in [7, 11) is 0. The molecule has 1 heterocycles. The number of hydrogen-bond donors (Lipinski definition) is 3. The smallest absolute Gasteiger partial charge is 0.338 e. The summed E-state index contributed by atoms with van der Waals surface area (Å²) in [4.78, 5) is 50.0. The number of rotatable bonds is 4. The summed E-state index contributed by atoms with van der Waals surface area (Å²) in [6.45, 7) is 0. The van der Waals surface area contributed by atoms with Gasteiger partial charge < -0.3 is 20.1 Å². The van der Waals surface area contributed by atoms with Gasteiger partial charge in [-0.15, -0.1) is 0 Å². The van der Waals surface area contributed by atoms with Crippen LogP contribution in [0.2, 0.25) is 0 Å². The summed E-state index contributed by atoms with van der Waals surface area (Å²) in [5.74, 6) is -5.56. The van der Waals surface area contributed by atoms with Gasteiger partial charge in [0.15, 0.2) is 0 Å². The van der Waals surface area contributed by atoms with Gasteiger partial charge in [0.1, 0.15) is 0 Å². The van der Waals surface area contributed by atoms with Gasteiger partial charge in [-0.3, -0.25) is 4.79 Å². The van der Waals surface area contributed by atoms with Crippen LogP contribution in [0.1, 0.15) is 6.42 Å². The monoisotopic (exact) mass is 272 g/mol. The average molecular weight is 272 g/mol. The van der Waals surface area contributed by atoms with Gasteiger partial charge in [-0.25, -0.2) is 19.2 Å². The third-order valence-electron chi connectivity index (χ3n) is 1.47. The van der Waals surface area contributed by atoms with Crippen molar-refractivity contribution in [3.63, 3.8) is 0 Å². The zero-order chi connectivity index (χ0) is 15.0. The first-order valence-corrected chi connectivity index (χ1v) is 4.54. The summed E-state index contributed by atoms with van der Waals surface area (Å²) in [6.07, 6.45) is 1.72. The van der Waals surface area contributed by atoms with Gasteiger partial charge in [-0.05, 0) is 0 Å². The quantitative estimate of drug-likeness (QED) is 0.338. The van der Waals surface area contributed by atoms with Crippen LogP contribution in [-0.4, -0.2) is 45.2 Å². The molecule has 0 aliphatic carbocycles. The van der Waals surface area contributed by atoms with Crippen molar-refractivity contribution in [2.45, 2.75) is 6.42 Å². The molecule has 1 aliphatic heterocycles. The molecule has 0 aromatic heterocycles. The predicted octanol–water partition coefficient (Wildman–Crippen LogP) is -0.817. The lowest BCUT2D eigenvalue weighted by Gasteiger charge is -1.94. The molecular weight excluding hydrogens is 264 g/mol. The zero-order valence-electron chi connectivity index (χ0n) is 9.23. The Kier molecular flexibility index (Phi) is 6.22. The summed E-state index contributed by atoms with van der Waals surface area (Å²) in [5.41, 5.74) is -0.657. The molecule has 0 unspecified atom stereocenters. The third-order valence-corrected chi connectivity index (χ3v) is 1.47. The van der Waals surface area contributed by atoms with Crippen molar-refractivity contribution in [3.05, 3.63) is 23.8 Å². The maximum Gasteiger partial charge on any atom is 0.338 e. The molecule has 9 nitrogen and oxygen atoms in total. The number of carbonyl (C=O) groups excluding carboxylic acids is 2. The fourth-order valence-electron chi connectivity index (χ4n) is 0.804. The standard InChI is InChI=1S/C6H6O6.C4H2O3/c7-4(8)1-3(6(11)12)2-5(9)10;5-3-1-2-4(6)7-3/h1H,2H2,(H,7,8)(H,9,10)(H,11,12);1-2H/b3-1+;. The molecule has 9 heteroatoms. The Morgan fingerprint density at radius 2 is 1.53 bits per heavy atom. The largest absolute Gasteiger partial charge is 0.481 e. The molecule has 0 spiro atoms. The van der Waals surface area contributed by atoms with E-state index in [2.05, 4.69) is 4.74 Å². The van der Waals surface area contributed by atoms with Crippen molar-refractivity contribution in [1.82, 2.24) is 0 Å². The number of cyclic esters (lactones) is 2. The second kappa shape index (κ2) is 7.37. The van der Waals surface area contributed by atoms with Crippen LogP contribution in [0.4, 0.5) is 0 Å². The van der Waals surface area contributed by atoms with Crippen LogP contribution < -0.4 is 0 Å². The lowest BCUT2D eigenvalue weighted by molar-refractivity contribution is -0.150. The molecule has 0 saturated heterocycles. The molecule has 0 amide bonds. The minimum Gasteiger partial charge on any atom is -0.481 e. The molecule has 3 N–H and O–H groups in total. The van der Waals surface area contributed by atoms with Crippen LogP contribution in [0.5, 0.6) is 0 Å². The predicted molar refractivity (Wildman–Crippen MR) is 55.8 cm³/mol. The molecule has 19 heavy (non-hydrogen) atoms. The maximum absolute atomic E-state index is 10.2. The van der Waals surface area contributed by atoms with E-state index in [-0.39, 0.29) is 0 Å². The maximum atomic E-state index is 10.2. The fraction of sp³-hybridized carbons (Fsp3) is 0.100. The minimum absolute atomic E-state index is 0.358. The highest BCUT2D eigenvalue weighted by Crippen LogP contribution is 2.00. The lowest BCUT2D eigenvalue weighted by Crippen LogP contribution is -2.08. The summed E-state index contributed by atoms with van der Waals surface area (Å²) >= 11 is 0. The van der Waals surface area contributed by atoms with E-state index < -0.39 is 41.8 Å². The van der Waals surface area contributed by atoms with Crippen molar-refractivity contribution < 1.29 is 44.0 Å². The summed E-state index contributed by atoms with van der Waals surface area (Å²) < 4.78 is 3.97. The van der Waals surface area contributed by atoms with Gasteiger partial charge in [0, 0.05) is 18.2 Å². The fourth-order valence-corrected chi connectivity index (χ4v) is 0.804. The highest BCUT2D eigenvalue weighted by molar-refractivity contribution is 6.04. The Bertz CT molecular complexity index is 467. The van der Waals surface area contributed by atoms with Crippen molar-refractivity contribution in [2.24, 2.45) is 0 Å². The molecule has 0 aromatic rings. The van der Waals surface area contributed by atoms with E-state index in [1.807, 2.05) is 0 Å². The lowest BCUT2D eigenvalue weighted by atomic mass is 10.2. The molecule has 102 valence electrons. The van der Waals surface area contributed by atoms with E-state index in [4.69, 9.17) is 15.3 Å². The topological polar surface area (TPSA) is 155 Å². The van der Waals surface area contributed by atoms with Crippen LogP contribution in [0.15, 0.2) is 23.8 Å². The van der Waals surface area contributed by atoms with Gasteiger partial charge in [0.2, 0.25) is 0 Å². The molecular formula is C10H8O9. The Labute approximate surface area is 105 Å². The van der Waals surface area contributed by atoms with Crippen LogP contribution in [0, 0.1) is 0 Å². The number of carboxylic acids is 3. The molecule has 0 fully saturated rings. The number of carbonyl (C=O) groups is 5. The summed E-state index contributed by atoms with van der Waals surface area (Å²) in [6, 6.07) is 0. The molecule has 0 radical (unpaired) electrons. The van der Waals surface area contributed by atoms with E-state index in [9.17, 15) is 24.0 Å². The molecule has 0 aromatic carbocycles. The van der Waals surface area contributed by atoms with E-state index in [0.717, 1.165) is 12.2 Å². The van der Waals surface area contributed by atoms with E-state index >= 15 is 0 Å². The molecule has 1 rings (SSSR count). The van der Waals surface area contributed by atoms with Crippen LogP contribution in [0.25, 0.3) is 0 Å². The Morgan fingerprint density at radius 3 is 1.74 bits per heavy atom. The first-order valence-electron chi connectivity index (χ1n) is 4.54. The first-order chi connectivity index (χ1) is 8.72. The first kappa shape index (κ1) is 16.0. The Morgan fingerprint density at radius 1 is 1.05 bits per heavy atom. The van der Waals surface area contributed by atoms with E-state index in [1.165, 1.54) is 0 Å². The normalized spacial score (nSPS) is 13.4. The molecule has 0 saturated carbocycles. The minimum atomic E-state index is -1.54. The molecule has 1 aliphatic rings. The van der Waals surface area contributed by atoms with Gasteiger partial charge in [-0.2, -0.15) is 0 Å². The van der Waals surface area contributed by atoms with Crippen LogP contribution in [0.3, 0.4) is 0 Å². The van der Waals surface area contributed by atoms with Crippen LogP contribution >= 0.6 is 0 Å². The van der Waals surface area contributed by atoms with E-state index in [0.29, 0.717) is 6.08 Å². The Balaban J connectivity index is 0.000000388. The zero-order valence-corrected chi connectivity index (χ0v) is 9.23. The van der Waals surface area contributed by atoms with Crippen molar-refractivity contribution in [1.29, 1.82) is 0 Å². The second-order valence-electron chi connectivity index (χ2n) is 2.96. The summed E-state index contributed by atoms with van der Waals surface area (Å²) in [5, 5.41) is 24.5. The molecule has 0 bridgehead atoms. The highest BCUT2D eigenvalue weighted by atomic mass is 16.6. The number of esters is 2. The number of aliphatic carboxylic acids is 3. The van der Waals surface area contributed by atoms with Gasteiger partial charge in [-0.1, -0.05) is 0 Å². The third kappa shape index (κ3) is 7.85. The van der Waals surface area contributed by atoms with Gasteiger partial charge in [0.05, 0.1) is 12.0 Å². The van der Waals surface area contributed by atoms with Crippen LogP contribution in [-0.2, 0) is 28.7 Å². The average Bonchev–Trinajstić information content (AvgIpc) is 2.61. The van der Waals surface area contributed by atoms with Crippen molar-refractivity contribution in [2.75, 3.05) is 0 Å². The second-order valence-corrected chi connectivity index (χ2v) is 2.96. The SMILES string of the molecule is O=C(O)/C=C(\CC(=O)O)C(=O)O.O=C1C=CC(=O)O1. The van der Waals surface area contributed by atoms with Gasteiger partial charge >= 0.3 is 29.8 Å².